The maximum Gasteiger partial charge on any atom is 0.320 e. The van der Waals surface area contributed by atoms with Crippen LogP contribution in [-0.2, 0) is 23.3 Å². The van der Waals surface area contributed by atoms with Gasteiger partial charge in [0.1, 0.15) is 11.5 Å². The van der Waals surface area contributed by atoms with E-state index in [9.17, 15) is 14.0 Å². The average Bonchev–Trinajstić information content (AvgIpc) is 3.25. The molecule has 0 radical (unpaired) electrons. The van der Waals surface area contributed by atoms with E-state index in [1.165, 1.54) is 17.7 Å². The summed E-state index contributed by atoms with van der Waals surface area (Å²) in [5, 5.41) is 10.1. The van der Waals surface area contributed by atoms with Crippen molar-refractivity contribution < 1.29 is 19.1 Å². The molecule has 0 spiro atoms. The number of carboxylic acids is 1. The summed E-state index contributed by atoms with van der Waals surface area (Å²) in [6.07, 6.45) is 1.70. The predicted octanol–water partition coefficient (Wildman–Crippen LogP) is 3.60. The van der Waals surface area contributed by atoms with E-state index in [1.54, 1.807) is 23.2 Å². The van der Waals surface area contributed by atoms with E-state index in [0.29, 0.717) is 19.6 Å². The fourth-order valence-electron chi connectivity index (χ4n) is 5.29. The SMILES string of the molecule is CC1(C)c2c(n(Cc3ccc(F)cc3)c3ncccc23)CN2C(=O)N(CCC(=O)O)CC21. The summed E-state index contributed by atoms with van der Waals surface area (Å²) >= 11 is 0. The van der Waals surface area contributed by atoms with Crippen LogP contribution in [0.1, 0.15) is 37.1 Å². The van der Waals surface area contributed by atoms with E-state index in [1.807, 2.05) is 11.0 Å². The molecule has 0 aliphatic carbocycles. The summed E-state index contributed by atoms with van der Waals surface area (Å²) < 4.78 is 15.6. The summed E-state index contributed by atoms with van der Waals surface area (Å²) in [5.41, 5.74) is 3.66. The molecule has 1 aromatic carbocycles. The van der Waals surface area contributed by atoms with Gasteiger partial charge in [-0.1, -0.05) is 26.0 Å². The molecule has 3 aromatic rings. The fourth-order valence-corrected chi connectivity index (χ4v) is 5.29. The minimum Gasteiger partial charge on any atom is -0.481 e. The van der Waals surface area contributed by atoms with E-state index in [4.69, 9.17) is 5.11 Å². The number of fused-ring (bicyclic) bond motifs is 4. The third kappa shape index (κ3) is 3.13. The molecule has 1 fully saturated rings. The third-order valence-electron chi connectivity index (χ3n) is 6.86. The first-order valence-electron chi connectivity index (χ1n) is 10.8. The van der Waals surface area contributed by atoms with Crippen molar-refractivity contribution >= 4 is 23.0 Å². The first-order valence-corrected chi connectivity index (χ1v) is 10.8. The van der Waals surface area contributed by atoms with E-state index in [2.05, 4.69) is 29.5 Å². The molecule has 166 valence electrons. The van der Waals surface area contributed by atoms with Crippen molar-refractivity contribution in [1.82, 2.24) is 19.4 Å². The number of urea groups is 1. The predicted molar refractivity (Wildman–Crippen MR) is 117 cm³/mol. The number of aliphatic carboxylic acids is 1. The number of carboxylic acid groups (broad SMARTS) is 1. The molecule has 1 saturated heterocycles. The van der Waals surface area contributed by atoms with E-state index < -0.39 is 5.97 Å². The second kappa shape index (κ2) is 7.32. The zero-order valence-corrected chi connectivity index (χ0v) is 18.1. The first kappa shape index (κ1) is 20.5. The lowest BCUT2D eigenvalue weighted by atomic mass is 9.73. The number of halogens is 1. The van der Waals surface area contributed by atoms with E-state index in [-0.39, 0.29) is 36.3 Å². The molecule has 4 heterocycles. The van der Waals surface area contributed by atoms with Gasteiger partial charge in [-0.15, -0.1) is 0 Å². The fraction of sp³-hybridized carbons (Fsp3) is 0.375. The van der Waals surface area contributed by atoms with Gasteiger partial charge >= 0.3 is 12.0 Å². The van der Waals surface area contributed by atoms with Crippen molar-refractivity contribution in [3.63, 3.8) is 0 Å². The van der Waals surface area contributed by atoms with Crippen LogP contribution in [0.15, 0.2) is 42.6 Å². The van der Waals surface area contributed by atoms with Gasteiger partial charge in [-0.3, -0.25) is 4.79 Å². The van der Waals surface area contributed by atoms with Crippen molar-refractivity contribution in [2.75, 3.05) is 13.1 Å². The summed E-state index contributed by atoms with van der Waals surface area (Å²) in [6.45, 7) is 5.96. The van der Waals surface area contributed by atoms with Crippen LogP contribution in [0.5, 0.6) is 0 Å². The zero-order valence-electron chi connectivity index (χ0n) is 18.1. The Hall–Kier alpha value is -3.42. The normalized spacial score (nSPS) is 19.3. The van der Waals surface area contributed by atoms with Gasteiger partial charge in [0.25, 0.3) is 0 Å². The highest BCUT2D eigenvalue weighted by atomic mass is 19.1. The van der Waals surface area contributed by atoms with E-state index in [0.717, 1.165) is 22.3 Å². The number of nitrogens with zero attached hydrogens (tertiary/aromatic N) is 4. The Morgan fingerprint density at radius 1 is 1.25 bits per heavy atom. The first-order chi connectivity index (χ1) is 15.3. The third-order valence-corrected chi connectivity index (χ3v) is 6.86. The number of amides is 2. The van der Waals surface area contributed by atoms with E-state index >= 15 is 0 Å². The highest BCUT2D eigenvalue weighted by molar-refractivity contribution is 5.86. The molecule has 5 rings (SSSR count). The van der Waals surface area contributed by atoms with Crippen LogP contribution in [0.4, 0.5) is 9.18 Å². The topological polar surface area (TPSA) is 78.7 Å². The molecule has 7 nitrogen and oxygen atoms in total. The maximum atomic E-state index is 13.4. The van der Waals surface area contributed by atoms with Gasteiger partial charge in [0.2, 0.25) is 0 Å². The lowest BCUT2D eigenvalue weighted by Crippen LogP contribution is -2.50. The molecule has 1 N–H and O–H groups in total. The van der Waals surface area contributed by atoms with Crippen molar-refractivity contribution in [1.29, 1.82) is 0 Å². The number of pyridine rings is 1. The Bertz CT molecular complexity index is 1220. The number of hydrogen-bond acceptors (Lipinski definition) is 3. The number of aromatic nitrogens is 2. The van der Waals surface area contributed by atoms with Gasteiger partial charge in [0, 0.05) is 42.3 Å². The summed E-state index contributed by atoms with van der Waals surface area (Å²) in [4.78, 5) is 32.4. The molecular formula is C24H25FN4O3. The highest BCUT2D eigenvalue weighted by Gasteiger charge is 2.51. The Labute approximate surface area is 185 Å². The molecule has 0 saturated carbocycles. The minimum absolute atomic E-state index is 0.0543. The van der Waals surface area contributed by atoms with Crippen LogP contribution in [0.2, 0.25) is 0 Å². The Balaban J connectivity index is 1.59. The molecule has 32 heavy (non-hydrogen) atoms. The zero-order chi connectivity index (χ0) is 22.6. The van der Waals surface area contributed by atoms with Gasteiger partial charge in [-0.25, -0.2) is 14.2 Å². The largest absolute Gasteiger partial charge is 0.481 e. The van der Waals surface area contributed by atoms with Gasteiger partial charge in [-0.2, -0.15) is 0 Å². The maximum absolute atomic E-state index is 13.4. The lowest BCUT2D eigenvalue weighted by molar-refractivity contribution is -0.137. The van der Waals surface area contributed by atoms with Crippen molar-refractivity contribution in [2.24, 2.45) is 0 Å². The molecular weight excluding hydrogens is 411 g/mol. The minimum atomic E-state index is -0.909. The second-order valence-electron chi connectivity index (χ2n) is 9.15. The number of hydrogen-bond donors (Lipinski definition) is 1. The standard InChI is InChI=1S/C24H25FN4O3/c1-24(2)19-14-27(11-9-20(30)31)23(32)29(19)13-18-21(24)17-4-3-10-26-22(17)28(18)12-15-5-7-16(25)8-6-15/h3-8,10,19H,9,11-14H2,1-2H3,(H,30,31). The Morgan fingerprint density at radius 3 is 2.72 bits per heavy atom. The van der Waals surface area contributed by atoms with Crippen LogP contribution >= 0.6 is 0 Å². The summed E-state index contributed by atoms with van der Waals surface area (Å²) in [5.74, 6) is -1.19. The molecule has 2 aromatic heterocycles. The summed E-state index contributed by atoms with van der Waals surface area (Å²) in [7, 11) is 0. The molecule has 2 amide bonds. The average molecular weight is 436 g/mol. The summed E-state index contributed by atoms with van der Waals surface area (Å²) in [6, 6.07) is 10.2. The highest BCUT2D eigenvalue weighted by Crippen LogP contribution is 2.46. The quantitative estimate of drug-likeness (QED) is 0.663. The van der Waals surface area contributed by atoms with Crippen LogP contribution in [0.25, 0.3) is 11.0 Å². The molecule has 2 aliphatic rings. The second-order valence-corrected chi connectivity index (χ2v) is 9.15. The van der Waals surface area contributed by atoms with Crippen molar-refractivity contribution in [3.05, 3.63) is 65.2 Å². The van der Waals surface area contributed by atoms with Gasteiger partial charge in [0.15, 0.2) is 0 Å². The molecule has 8 heteroatoms. The molecule has 2 aliphatic heterocycles. The molecule has 1 unspecified atom stereocenters. The number of carbonyl (C=O) groups excluding carboxylic acids is 1. The van der Waals surface area contributed by atoms with Crippen molar-refractivity contribution in [3.8, 4) is 0 Å². The van der Waals surface area contributed by atoms with Crippen LogP contribution in [0.3, 0.4) is 0 Å². The number of carbonyl (C=O) groups is 2. The number of rotatable bonds is 5. The van der Waals surface area contributed by atoms with Gasteiger partial charge in [-0.05, 0) is 35.4 Å². The molecule has 1 atom stereocenters. The van der Waals surface area contributed by atoms with Gasteiger partial charge in [0.05, 0.1) is 19.0 Å². The Kier molecular flexibility index (Phi) is 4.69. The van der Waals surface area contributed by atoms with Crippen LogP contribution in [-0.4, -0.2) is 55.6 Å². The lowest BCUT2D eigenvalue weighted by Gasteiger charge is -2.42. The van der Waals surface area contributed by atoms with Gasteiger partial charge < -0.3 is 19.5 Å². The monoisotopic (exact) mass is 436 g/mol. The number of benzene rings is 1. The molecule has 0 bridgehead atoms. The Morgan fingerprint density at radius 2 is 2.00 bits per heavy atom. The van der Waals surface area contributed by atoms with Crippen LogP contribution < -0.4 is 0 Å². The van der Waals surface area contributed by atoms with Crippen LogP contribution in [0, 0.1) is 5.82 Å². The smallest absolute Gasteiger partial charge is 0.320 e. The van der Waals surface area contributed by atoms with Crippen molar-refractivity contribution in [2.45, 2.75) is 44.8 Å².